The predicted octanol–water partition coefficient (Wildman–Crippen LogP) is 2.94. The van der Waals surface area contributed by atoms with E-state index < -0.39 is 0 Å². The van der Waals surface area contributed by atoms with E-state index in [2.05, 4.69) is 34.2 Å². The molecule has 0 fully saturated rings. The van der Waals surface area contributed by atoms with Crippen molar-refractivity contribution in [2.24, 2.45) is 0 Å². The second kappa shape index (κ2) is 7.52. The van der Waals surface area contributed by atoms with Crippen molar-refractivity contribution in [3.8, 4) is 0 Å². The predicted molar refractivity (Wildman–Crippen MR) is 84.4 cm³/mol. The van der Waals surface area contributed by atoms with E-state index in [1.807, 2.05) is 17.7 Å². The highest BCUT2D eigenvalue weighted by Gasteiger charge is 2.19. The Morgan fingerprint density at radius 3 is 2.81 bits per heavy atom. The van der Waals surface area contributed by atoms with Gasteiger partial charge in [-0.05, 0) is 32.9 Å². The van der Waals surface area contributed by atoms with Crippen LogP contribution in [0.4, 0.5) is 0 Å². The average molecular weight is 308 g/mol. The lowest BCUT2D eigenvalue weighted by Crippen LogP contribution is -2.26. The lowest BCUT2D eigenvalue weighted by atomic mass is 10.1. The molecule has 21 heavy (non-hydrogen) atoms. The molecular weight excluding hydrogens is 286 g/mol. The topological polar surface area (TPSA) is 55.6 Å². The van der Waals surface area contributed by atoms with E-state index in [1.54, 1.807) is 12.5 Å². The maximum Gasteiger partial charge on any atom is 0.115 e. The molecule has 0 radical (unpaired) electrons. The minimum absolute atomic E-state index is 0.117. The molecular formula is C15H22ClN5. The maximum absolute atomic E-state index is 6.41. The van der Waals surface area contributed by atoms with Crippen molar-refractivity contribution < 1.29 is 0 Å². The molecule has 1 unspecified atom stereocenters. The van der Waals surface area contributed by atoms with Gasteiger partial charge in [0.1, 0.15) is 6.33 Å². The molecule has 2 aromatic rings. The molecule has 2 aromatic heterocycles. The molecule has 0 aromatic carbocycles. The Morgan fingerprint density at radius 2 is 2.19 bits per heavy atom. The molecule has 0 amide bonds. The summed E-state index contributed by atoms with van der Waals surface area (Å²) in [7, 11) is 0. The zero-order chi connectivity index (χ0) is 15.2. The number of rotatable bonds is 7. The SMILES string of the molecule is CCCNC(Cc1c(Cl)c(C)nn1CC)c1ccncn1. The molecule has 6 heteroatoms. The summed E-state index contributed by atoms with van der Waals surface area (Å²) in [5, 5.41) is 8.77. The fourth-order valence-electron chi connectivity index (χ4n) is 2.36. The van der Waals surface area contributed by atoms with Gasteiger partial charge in [0.15, 0.2) is 0 Å². The zero-order valence-corrected chi connectivity index (χ0v) is 13.6. The zero-order valence-electron chi connectivity index (χ0n) is 12.8. The highest BCUT2D eigenvalue weighted by molar-refractivity contribution is 6.31. The van der Waals surface area contributed by atoms with Crippen molar-refractivity contribution in [2.45, 2.75) is 46.2 Å². The van der Waals surface area contributed by atoms with E-state index in [4.69, 9.17) is 11.6 Å². The van der Waals surface area contributed by atoms with Crippen molar-refractivity contribution in [1.82, 2.24) is 25.1 Å². The highest BCUT2D eigenvalue weighted by atomic mass is 35.5. The van der Waals surface area contributed by atoms with Crippen LogP contribution in [0, 0.1) is 6.92 Å². The number of aromatic nitrogens is 4. The van der Waals surface area contributed by atoms with Crippen LogP contribution >= 0.6 is 11.6 Å². The van der Waals surface area contributed by atoms with E-state index in [0.29, 0.717) is 0 Å². The van der Waals surface area contributed by atoms with Crippen molar-refractivity contribution >= 4 is 11.6 Å². The van der Waals surface area contributed by atoms with Crippen LogP contribution in [0.5, 0.6) is 0 Å². The van der Waals surface area contributed by atoms with Gasteiger partial charge in [0.2, 0.25) is 0 Å². The van der Waals surface area contributed by atoms with Gasteiger partial charge in [-0.1, -0.05) is 18.5 Å². The fraction of sp³-hybridized carbons (Fsp3) is 0.533. The van der Waals surface area contributed by atoms with Gasteiger partial charge in [0.25, 0.3) is 0 Å². The van der Waals surface area contributed by atoms with Gasteiger partial charge in [-0.2, -0.15) is 5.10 Å². The summed E-state index contributed by atoms with van der Waals surface area (Å²) in [6, 6.07) is 2.06. The maximum atomic E-state index is 6.41. The Morgan fingerprint density at radius 1 is 1.38 bits per heavy atom. The Bertz CT molecular complexity index is 567. The third-order valence-corrected chi connectivity index (χ3v) is 3.94. The molecule has 0 aliphatic heterocycles. The van der Waals surface area contributed by atoms with Crippen LogP contribution in [0.1, 0.15) is 43.4 Å². The van der Waals surface area contributed by atoms with Gasteiger partial charge in [-0.3, -0.25) is 4.68 Å². The second-order valence-corrected chi connectivity index (χ2v) is 5.38. The van der Waals surface area contributed by atoms with Gasteiger partial charge in [-0.25, -0.2) is 9.97 Å². The lowest BCUT2D eigenvalue weighted by molar-refractivity contribution is 0.493. The van der Waals surface area contributed by atoms with E-state index >= 15 is 0 Å². The molecule has 0 bridgehead atoms. The first-order valence-corrected chi connectivity index (χ1v) is 7.76. The van der Waals surface area contributed by atoms with Crippen LogP contribution < -0.4 is 5.32 Å². The molecule has 5 nitrogen and oxygen atoms in total. The monoisotopic (exact) mass is 307 g/mol. The molecule has 0 saturated heterocycles. The summed E-state index contributed by atoms with van der Waals surface area (Å²) < 4.78 is 1.97. The van der Waals surface area contributed by atoms with Crippen molar-refractivity contribution in [2.75, 3.05) is 6.54 Å². The molecule has 114 valence electrons. The number of hydrogen-bond donors (Lipinski definition) is 1. The molecule has 2 heterocycles. The van der Waals surface area contributed by atoms with Crippen LogP contribution in [-0.4, -0.2) is 26.3 Å². The van der Waals surface area contributed by atoms with Gasteiger partial charge in [0, 0.05) is 19.2 Å². The van der Waals surface area contributed by atoms with E-state index in [9.17, 15) is 0 Å². The third-order valence-electron chi connectivity index (χ3n) is 3.45. The average Bonchev–Trinajstić information content (AvgIpc) is 2.79. The van der Waals surface area contributed by atoms with Gasteiger partial charge in [-0.15, -0.1) is 0 Å². The standard InChI is InChI=1S/C15H22ClN5/c1-4-7-18-13(12-6-8-17-10-19-12)9-14-15(16)11(3)20-21(14)5-2/h6,8,10,13,18H,4-5,7,9H2,1-3H3. The summed E-state index contributed by atoms with van der Waals surface area (Å²) in [5.74, 6) is 0. The number of nitrogens with zero attached hydrogens (tertiary/aromatic N) is 4. The minimum Gasteiger partial charge on any atom is -0.308 e. The molecule has 0 spiro atoms. The first-order valence-electron chi connectivity index (χ1n) is 7.38. The summed E-state index contributed by atoms with van der Waals surface area (Å²) in [5.41, 5.74) is 2.92. The summed E-state index contributed by atoms with van der Waals surface area (Å²) in [6.45, 7) is 7.92. The van der Waals surface area contributed by atoms with E-state index in [1.165, 1.54) is 0 Å². The first kappa shape index (κ1) is 15.9. The van der Waals surface area contributed by atoms with Crippen LogP contribution in [0.3, 0.4) is 0 Å². The summed E-state index contributed by atoms with van der Waals surface area (Å²) in [4.78, 5) is 8.36. The summed E-state index contributed by atoms with van der Waals surface area (Å²) >= 11 is 6.41. The van der Waals surface area contributed by atoms with Crippen molar-refractivity contribution in [3.05, 3.63) is 40.7 Å². The number of hydrogen-bond acceptors (Lipinski definition) is 4. The smallest absolute Gasteiger partial charge is 0.115 e. The summed E-state index contributed by atoms with van der Waals surface area (Å²) in [6.07, 6.45) is 5.19. The minimum atomic E-state index is 0.117. The Labute approximate surface area is 130 Å². The van der Waals surface area contributed by atoms with Crippen molar-refractivity contribution in [3.63, 3.8) is 0 Å². The normalized spacial score (nSPS) is 12.6. The van der Waals surface area contributed by atoms with Crippen LogP contribution in [0.25, 0.3) is 0 Å². The Kier molecular flexibility index (Phi) is 5.70. The van der Waals surface area contributed by atoms with Crippen LogP contribution in [-0.2, 0) is 13.0 Å². The second-order valence-electron chi connectivity index (χ2n) is 5.01. The molecule has 2 rings (SSSR count). The van der Waals surface area contributed by atoms with Gasteiger partial charge >= 0.3 is 0 Å². The number of halogens is 1. The number of nitrogens with one attached hydrogen (secondary N) is 1. The molecule has 1 atom stereocenters. The highest BCUT2D eigenvalue weighted by Crippen LogP contribution is 2.25. The Balaban J connectivity index is 2.27. The third kappa shape index (κ3) is 3.80. The van der Waals surface area contributed by atoms with Crippen LogP contribution in [0.2, 0.25) is 5.02 Å². The number of aryl methyl sites for hydroxylation is 2. The van der Waals surface area contributed by atoms with Crippen LogP contribution in [0.15, 0.2) is 18.6 Å². The van der Waals surface area contributed by atoms with E-state index in [-0.39, 0.29) is 6.04 Å². The van der Waals surface area contributed by atoms with Gasteiger partial charge < -0.3 is 5.32 Å². The molecule has 1 N–H and O–H groups in total. The first-order chi connectivity index (χ1) is 10.2. The van der Waals surface area contributed by atoms with Gasteiger partial charge in [0.05, 0.1) is 28.1 Å². The van der Waals surface area contributed by atoms with E-state index in [0.717, 1.165) is 48.0 Å². The largest absolute Gasteiger partial charge is 0.308 e. The molecule has 0 aliphatic carbocycles. The lowest BCUT2D eigenvalue weighted by Gasteiger charge is -2.18. The molecule has 0 saturated carbocycles. The fourth-order valence-corrected chi connectivity index (χ4v) is 2.58. The van der Waals surface area contributed by atoms with Crippen molar-refractivity contribution in [1.29, 1.82) is 0 Å². The molecule has 0 aliphatic rings. The quantitative estimate of drug-likeness (QED) is 0.854. The Hall–Kier alpha value is -1.46.